The van der Waals surface area contributed by atoms with Crippen LogP contribution in [0.1, 0.15) is 40.0 Å². The maximum Gasteiger partial charge on any atom is 0.191 e. The molecule has 0 radical (unpaired) electrons. The molecule has 0 saturated heterocycles. The van der Waals surface area contributed by atoms with E-state index in [-0.39, 0.29) is 24.0 Å². The van der Waals surface area contributed by atoms with Gasteiger partial charge in [0.1, 0.15) is 0 Å². The highest BCUT2D eigenvalue weighted by Crippen LogP contribution is 2.05. The fourth-order valence-electron chi connectivity index (χ4n) is 1.68. The Bertz CT molecular complexity index is 239. The summed E-state index contributed by atoms with van der Waals surface area (Å²) in [4.78, 5) is 4.56. The standard InChI is InChI=1S/C15H33N3O2.HI/c1-5-16-15(17-9-7-6-8-14(2)3)18-10-11-20-13-12-19-4;/h14H,5-13H2,1-4H3,(H2,16,17,18);1H. The van der Waals surface area contributed by atoms with Crippen LogP contribution in [0.3, 0.4) is 0 Å². The summed E-state index contributed by atoms with van der Waals surface area (Å²) in [6.07, 6.45) is 3.69. The van der Waals surface area contributed by atoms with Gasteiger partial charge in [-0.2, -0.15) is 0 Å². The van der Waals surface area contributed by atoms with Gasteiger partial charge in [-0.3, -0.25) is 4.99 Å². The number of guanidine groups is 1. The Morgan fingerprint density at radius 2 is 1.86 bits per heavy atom. The van der Waals surface area contributed by atoms with Crippen LogP contribution in [0.5, 0.6) is 0 Å². The second-order valence-electron chi connectivity index (χ2n) is 5.18. The SMILES string of the molecule is CCNC(=NCCCCC(C)C)NCCOCCOC.I. The number of rotatable bonds is 12. The first-order valence-corrected chi connectivity index (χ1v) is 7.79. The number of halogens is 1. The summed E-state index contributed by atoms with van der Waals surface area (Å²) in [5, 5.41) is 6.51. The van der Waals surface area contributed by atoms with E-state index in [0.29, 0.717) is 19.8 Å². The molecule has 0 aliphatic rings. The Hall–Kier alpha value is -0.0800. The molecule has 128 valence electrons. The molecule has 0 aliphatic heterocycles. The number of unbranched alkanes of at least 4 members (excludes halogenated alkanes) is 1. The van der Waals surface area contributed by atoms with E-state index in [1.807, 2.05) is 0 Å². The molecule has 0 aliphatic carbocycles. The molecule has 0 atom stereocenters. The smallest absolute Gasteiger partial charge is 0.191 e. The molecule has 2 N–H and O–H groups in total. The first-order valence-electron chi connectivity index (χ1n) is 7.79. The fraction of sp³-hybridized carbons (Fsp3) is 0.933. The Morgan fingerprint density at radius 1 is 1.10 bits per heavy atom. The monoisotopic (exact) mass is 415 g/mol. The molecule has 0 aromatic heterocycles. The minimum atomic E-state index is 0. The van der Waals surface area contributed by atoms with E-state index in [0.717, 1.165) is 37.9 Å². The van der Waals surface area contributed by atoms with Crippen LogP contribution in [0.15, 0.2) is 4.99 Å². The van der Waals surface area contributed by atoms with Gasteiger partial charge < -0.3 is 20.1 Å². The van der Waals surface area contributed by atoms with E-state index < -0.39 is 0 Å². The molecule has 0 fully saturated rings. The second kappa shape index (κ2) is 18.0. The molecule has 0 bridgehead atoms. The van der Waals surface area contributed by atoms with E-state index in [1.54, 1.807) is 7.11 Å². The number of nitrogens with zero attached hydrogens (tertiary/aromatic N) is 1. The molecule has 0 spiro atoms. The molecule has 0 saturated carbocycles. The van der Waals surface area contributed by atoms with Gasteiger partial charge in [0.2, 0.25) is 0 Å². The third kappa shape index (κ3) is 17.9. The first-order chi connectivity index (χ1) is 9.70. The normalized spacial score (nSPS) is 11.4. The predicted molar refractivity (Wildman–Crippen MR) is 101 cm³/mol. The summed E-state index contributed by atoms with van der Waals surface area (Å²) in [5.41, 5.74) is 0. The van der Waals surface area contributed by atoms with Crippen LogP contribution in [0.4, 0.5) is 0 Å². The van der Waals surface area contributed by atoms with Crippen LogP contribution >= 0.6 is 24.0 Å². The lowest BCUT2D eigenvalue weighted by atomic mass is 10.1. The minimum absolute atomic E-state index is 0. The molecular weight excluding hydrogens is 381 g/mol. The van der Waals surface area contributed by atoms with Gasteiger partial charge in [-0.25, -0.2) is 0 Å². The van der Waals surface area contributed by atoms with Crippen molar-refractivity contribution >= 4 is 29.9 Å². The molecule has 0 amide bonds. The van der Waals surface area contributed by atoms with Crippen molar-refractivity contribution < 1.29 is 9.47 Å². The first kappa shape index (κ1) is 23.2. The third-order valence-corrected chi connectivity index (χ3v) is 2.77. The molecule has 6 heteroatoms. The lowest BCUT2D eigenvalue weighted by Crippen LogP contribution is -2.39. The van der Waals surface area contributed by atoms with Gasteiger partial charge in [-0.15, -0.1) is 24.0 Å². The summed E-state index contributed by atoms with van der Waals surface area (Å²) in [6.45, 7) is 11.1. The number of hydrogen-bond donors (Lipinski definition) is 2. The molecule has 0 aromatic rings. The lowest BCUT2D eigenvalue weighted by molar-refractivity contribution is 0.0733. The van der Waals surface area contributed by atoms with Crippen molar-refractivity contribution in [3.63, 3.8) is 0 Å². The molecule has 0 aromatic carbocycles. The summed E-state index contributed by atoms with van der Waals surface area (Å²) in [5.74, 6) is 1.67. The highest BCUT2D eigenvalue weighted by Gasteiger charge is 1.97. The van der Waals surface area contributed by atoms with E-state index >= 15 is 0 Å². The van der Waals surface area contributed by atoms with Crippen LogP contribution in [0, 0.1) is 5.92 Å². The molecule has 5 nitrogen and oxygen atoms in total. The summed E-state index contributed by atoms with van der Waals surface area (Å²) >= 11 is 0. The minimum Gasteiger partial charge on any atom is -0.382 e. The Kier molecular flexibility index (Phi) is 19.8. The van der Waals surface area contributed by atoms with Crippen molar-refractivity contribution in [3.05, 3.63) is 0 Å². The van der Waals surface area contributed by atoms with Crippen LogP contribution in [-0.4, -0.2) is 52.5 Å². The highest BCUT2D eigenvalue weighted by atomic mass is 127. The number of methoxy groups -OCH3 is 1. The maximum absolute atomic E-state index is 5.40. The lowest BCUT2D eigenvalue weighted by Gasteiger charge is -2.11. The maximum atomic E-state index is 5.40. The Morgan fingerprint density at radius 3 is 2.48 bits per heavy atom. The average molecular weight is 415 g/mol. The predicted octanol–water partition coefficient (Wildman–Crippen LogP) is 2.65. The van der Waals surface area contributed by atoms with Gasteiger partial charge in [0.05, 0.1) is 19.8 Å². The van der Waals surface area contributed by atoms with Crippen LogP contribution in [-0.2, 0) is 9.47 Å². The quantitative estimate of drug-likeness (QED) is 0.223. The van der Waals surface area contributed by atoms with E-state index in [2.05, 4.69) is 36.4 Å². The number of nitrogens with one attached hydrogen (secondary N) is 2. The van der Waals surface area contributed by atoms with Gasteiger partial charge in [-0.05, 0) is 19.3 Å². The summed E-state index contributed by atoms with van der Waals surface area (Å²) in [7, 11) is 1.68. The average Bonchev–Trinajstić information content (AvgIpc) is 2.41. The Labute approximate surface area is 147 Å². The Balaban J connectivity index is 0. The highest BCUT2D eigenvalue weighted by molar-refractivity contribution is 14.0. The van der Waals surface area contributed by atoms with Gasteiger partial charge in [0, 0.05) is 26.7 Å². The van der Waals surface area contributed by atoms with Gasteiger partial charge >= 0.3 is 0 Å². The third-order valence-electron chi connectivity index (χ3n) is 2.77. The largest absolute Gasteiger partial charge is 0.382 e. The van der Waals surface area contributed by atoms with Crippen molar-refractivity contribution in [1.29, 1.82) is 0 Å². The summed E-state index contributed by atoms with van der Waals surface area (Å²) in [6, 6.07) is 0. The second-order valence-corrected chi connectivity index (χ2v) is 5.18. The zero-order valence-electron chi connectivity index (χ0n) is 14.1. The van der Waals surface area contributed by atoms with Gasteiger partial charge in [0.15, 0.2) is 5.96 Å². The number of hydrogen-bond acceptors (Lipinski definition) is 3. The van der Waals surface area contributed by atoms with E-state index in [1.165, 1.54) is 12.8 Å². The van der Waals surface area contributed by atoms with Crippen molar-refractivity contribution in [2.45, 2.75) is 40.0 Å². The molecular formula is C15H34IN3O2. The van der Waals surface area contributed by atoms with E-state index in [4.69, 9.17) is 9.47 Å². The molecule has 0 heterocycles. The molecule has 21 heavy (non-hydrogen) atoms. The van der Waals surface area contributed by atoms with Crippen LogP contribution in [0.2, 0.25) is 0 Å². The van der Waals surface area contributed by atoms with Crippen LogP contribution in [0.25, 0.3) is 0 Å². The molecule has 0 unspecified atom stereocenters. The van der Waals surface area contributed by atoms with E-state index in [9.17, 15) is 0 Å². The topological polar surface area (TPSA) is 54.9 Å². The zero-order chi connectivity index (χ0) is 15.1. The fourth-order valence-corrected chi connectivity index (χ4v) is 1.68. The van der Waals surface area contributed by atoms with Gasteiger partial charge in [-0.1, -0.05) is 26.7 Å². The van der Waals surface area contributed by atoms with Gasteiger partial charge in [0.25, 0.3) is 0 Å². The van der Waals surface area contributed by atoms with Crippen molar-refractivity contribution in [2.24, 2.45) is 10.9 Å². The van der Waals surface area contributed by atoms with Crippen LogP contribution < -0.4 is 10.6 Å². The molecule has 0 rings (SSSR count). The number of aliphatic imine (C=N–C) groups is 1. The van der Waals surface area contributed by atoms with Crippen molar-refractivity contribution in [1.82, 2.24) is 10.6 Å². The zero-order valence-corrected chi connectivity index (χ0v) is 16.4. The number of ether oxygens (including phenoxy) is 2. The van der Waals surface area contributed by atoms with Crippen molar-refractivity contribution in [3.8, 4) is 0 Å². The van der Waals surface area contributed by atoms with Crippen molar-refractivity contribution in [2.75, 3.05) is 46.6 Å². The summed E-state index contributed by atoms with van der Waals surface area (Å²) < 4.78 is 10.3.